The quantitative estimate of drug-likeness (QED) is 0.872. The van der Waals surface area contributed by atoms with Gasteiger partial charge in [0.1, 0.15) is 6.10 Å². The molecule has 2 N–H and O–H groups in total. The molecule has 1 aliphatic heterocycles. The van der Waals surface area contributed by atoms with Gasteiger partial charge in [0.2, 0.25) is 0 Å². The van der Waals surface area contributed by atoms with Gasteiger partial charge < -0.3 is 15.0 Å². The van der Waals surface area contributed by atoms with Crippen LogP contribution in [0.2, 0.25) is 0 Å². The summed E-state index contributed by atoms with van der Waals surface area (Å²) in [5.74, 6) is 2.32. The van der Waals surface area contributed by atoms with Crippen molar-refractivity contribution in [3.63, 3.8) is 0 Å². The van der Waals surface area contributed by atoms with E-state index in [1.165, 1.54) is 12.8 Å². The van der Waals surface area contributed by atoms with Crippen LogP contribution in [0.15, 0.2) is 4.52 Å². The molecule has 1 saturated heterocycles. The van der Waals surface area contributed by atoms with Crippen molar-refractivity contribution in [2.75, 3.05) is 13.2 Å². The van der Waals surface area contributed by atoms with Gasteiger partial charge in [-0.05, 0) is 25.8 Å². The van der Waals surface area contributed by atoms with E-state index in [1.54, 1.807) is 0 Å². The topological polar surface area (TPSA) is 74.2 Å². The van der Waals surface area contributed by atoms with Crippen molar-refractivity contribution in [2.24, 2.45) is 11.7 Å². The molecule has 1 saturated carbocycles. The average molecular weight is 246 g/mol. The standard InChI is InChI=1S/C10H15N3O2.ClH/c11-5-7-3-4-14-8(7)10-12-9(13-15-10)6-1-2-6;/h6-8H,1-5,11H2;1H. The summed E-state index contributed by atoms with van der Waals surface area (Å²) in [5, 5.41) is 3.98. The van der Waals surface area contributed by atoms with Crippen LogP contribution in [-0.2, 0) is 4.74 Å². The fraction of sp³-hybridized carbons (Fsp3) is 0.800. The van der Waals surface area contributed by atoms with Gasteiger partial charge in [-0.15, -0.1) is 12.4 Å². The fourth-order valence-corrected chi connectivity index (χ4v) is 2.02. The molecule has 1 aromatic heterocycles. The van der Waals surface area contributed by atoms with Gasteiger partial charge in [0, 0.05) is 18.4 Å². The summed E-state index contributed by atoms with van der Waals surface area (Å²) >= 11 is 0. The highest BCUT2D eigenvalue weighted by Crippen LogP contribution is 2.40. The van der Waals surface area contributed by atoms with E-state index >= 15 is 0 Å². The molecule has 1 aromatic rings. The van der Waals surface area contributed by atoms with Crippen molar-refractivity contribution >= 4 is 12.4 Å². The van der Waals surface area contributed by atoms with E-state index in [2.05, 4.69) is 10.1 Å². The molecule has 0 spiro atoms. The van der Waals surface area contributed by atoms with Gasteiger partial charge in [-0.3, -0.25) is 0 Å². The van der Waals surface area contributed by atoms with Crippen LogP contribution in [0.5, 0.6) is 0 Å². The second-order valence-electron chi connectivity index (χ2n) is 4.34. The number of nitrogens with two attached hydrogens (primary N) is 1. The number of rotatable bonds is 3. The van der Waals surface area contributed by atoms with E-state index in [1.807, 2.05) is 0 Å². The van der Waals surface area contributed by atoms with Crippen LogP contribution in [-0.4, -0.2) is 23.3 Å². The van der Waals surface area contributed by atoms with E-state index in [-0.39, 0.29) is 18.5 Å². The number of aromatic nitrogens is 2. The third kappa shape index (κ3) is 2.07. The zero-order chi connectivity index (χ0) is 10.3. The lowest BCUT2D eigenvalue weighted by atomic mass is 10.0. The minimum atomic E-state index is -0.0741. The first-order valence-corrected chi connectivity index (χ1v) is 5.53. The molecule has 2 atom stereocenters. The number of halogens is 1. The predicted octanol–water partition coefficient (Wildman–Crippen LogP) is 1.41. The Balaban J connectivity index is 0.000000963. The van der Waals surface area contributed by atoms with Crippen LogP contribution < -0.4 is 5.73 Å². The van der Waals surface area contributed by atoms with Crippen LogP contribution in [0.3, 0.4) is 0 Å². The van der Waals surface area contributed by atoms with Gasteiger partial charge in [0.15, 0.2) is 5.82 Å². The molecule has 0 amide bonds. The fourth-order valence-electron chi connectivity index (χ4n) is 2.02. The molecule has 2 unspecified atom stereocenters. The lowest BCUT2D eigenvalue weighted by Gasteiger charge is -2.11. The maximum absolute atomic E-state index is 5.67. The largest absolute Gasteiger partial charge is 0.368 e. The van der Waals surface area contributed by atoms with Crippen molar-refractivity contribution in [1.82, 2.24) is 10.1 Å². The monoisotopic (exact) mass is 245 g/mol. The molecule has 0 aromatic carbocycles. The SMILES string of the molecule is Cl.NCC1CCOC1c1nc(C2CC2)no1. The Hall–Kier alpha value is -0.650. The molecule has 6 heteroatoms. The molecule has 0 radical (unpaired) electrons. The minimum absolute atomic E-state index is 0. The van der Waals surface area contributed by atoms with Crippen molar-refractivity contribution in [1.29, 1.82) is 0 Å². The van der Waals surface area contributed by atoms with Gasteiger partial charge in [0.05, 0.1) is 0 Å². The summed E-state index contributed by atoms with van der Waals surface area (Å²) in [4.78, 5) is 4.39. The third-order valence-corrected chi connectivity index (χ3v) is 3.16. The smallest absolute Gasteiger partial charge is 0.256 e. The van der Waals surface area contributed by atoms with Crippen LogP contribution in [0.4, 0.5) is 0 Å². The Bertz CT molecular complexity index is 354. The molecule has 2 heterocycles. The molecule has 90 valence electrons. The van der Waals surface area contributed by atoms with Gasteiger partial charge in [-0.25, -0.2) is 0 Å². The number of ether oxygens (including phenoxy) is 1. The van der Waals surface area contributed by atoms with Crippen molar-refractivity contribution < 1.29 is 9.26 Å². The summed E-state index contributed by atoms with van der Waals surface area (Å²) in [5.41, 5.74) is 5.67. The maximum Gasteiger partial charge on any atom is 0.256 e. The highest BCUT2D eigenvalue weighted by molar-refractivity contribution is 5.85. The van der Waals surface area contributed by atoms with Crippen LogP contribution >= 0.6 is 12.4 Å². The average Bonchev–Trinajstić information content (AvgIpc) is 2.83. The van der Waals surface area contributed by atoms with E-state index in [0.717, 1.165) is 18.9 Å². The first kappa shape index (κ1) is 11.8. The summed E-state index contributed by atoms with van der Waals surface area (Å²) in [6.07, 6.45) is 3.28. The molecule has 2 aliphatic rings. The van der Waals surface area contributed by atoms with Gasteiger partial charge in [0.25, 0.3) is 5.89 Å². The molecule has 0 bridgehead atoms. The number of hydrogen-bond donors (Lipinski definition) is 1. The van der Waals surface area contributed by atoms with E-state index in [9.17, 15) is 0 Å². The van der Waals surface area contributed by atoms with Crippen molar-refractivity contribution in [3.8, 4) is 0 Å². The minimum Gasteiger partial charge on any atom is -0.368 e. The Morgan fingerprint density at radius 1 is 1.31 bits per heavy atom. The molecule has 5 nitrogen and oxygen atoms in total. The highest BCUT2D eigenvalue weighted by atomic mass is 35.5. The molecular weight excluding hydrogens is 230 g/mol. The van der Waals surface area contributed by atoms with Crippen molar-refractivity contribution in [2.45, 2.75) is 31.3 Å². The normalized spacial score (nSPS) is 29.1. The summed E-state index contributed by atoms with van der Waals surface area (Å²) in [7, 11) is 0. The summed E-state index contributed by atoms with van der Waals surface area (Å²) in [6.45, 7) is 1.36. The van der Waals surface area contributed by atoms with E-state index < -0.39 is 0 Å². The Kier molecular flexibility index (Phi) is 3.47. The Morgan fingerprint density at radius 2 is 2.12 bits per heavy atom. The second-order valence-corrected chi connectivity index (χ2v) is 4.34. The van der Waals surface area contributed by atoms with Crippen LogP contribution in [0.25, 0.3) is 0 Å². The number of nitrogens with zero attached hydrogens (tertiary/aromatic N) is 2. The first-order valence-electron chi connectivity index (χ1n) is 5.53. The van der Waals surface area contributed by atoms with E-state index in [4.69, 9.17) is 15.0 Å². The van der Waals surface area contributed by atoms with Crippen LogP contribution in [0, 0.1) is 5.92 Å². The zero-order valence-corrected chi connectivity index (χ0v) is 9.78. The van der Waals surface area contributed by atoms with E-state index in [0.29, 0.717) is 24.3 Å². The zero-order valence-electron chi connectivity index (χ0n) is 8.96. The van der Waals surface area contributed by atoms with Gasteiger partial charge in [-0.2, -0.15) is 4.98 Å². The lowest BCUT2D eigenvalue weighted by molar-refractivity contribution is 0.0642. The maximum atomic E-state index is 5.67. The Labute approximate surface area is 100 Å². The first-order chi connectivity index (χ1) is 7.38. The van der Waals surface area contributed by atoms with Gasteiger partial charge in [-0.1, -0.05) is 5.16 Å². The molecular formula is C10H16ClN3O2. The van der Waals surface area contributed by atoms with Gasteiger partial charge >= 0.3 is 0 Å². The molecule has 3 rings (SSSR count). The van der Waals surface area contributed by atoms with Crippen molar-refractivity contribution in [3.05, 3.63) is 11.7 Å². The predicted molar refractivity (Wildman–Crippen MR) is 59.4 cm³/mol. The molecule has 16 heavy (non-hydrogen) atoms. The third-order valence-electron chi connectivity index (χ3n) is 3.16. The summed E-state index contributed by atoms with van der Waals surface area (Å²) < 4.78 is 10.8. The Morgan fingerprint density at radius 3 is 2.81 bits per heavy atom. The summed E-state index contributed by atoms with van der Waals surface area (Å²) in [6, 6.07) is 0. The molecule has 1 aliphatic carbocycles. The van der Waals surface area contributed by atoms with Crippen LogP contribution in [0.1, 0.15) is 43.0 Å². The highest BCUT2D eigenvalue weighted by Gasteiger charge is 2.35. The lowest BCUT2D eigenvalue weighted by Crippen LogP contribution is -2.18. The molecule has 2 fully saturated rings. The number of hydrogen-bond acceptors (Lipinski definition) is 5. The second kappa shape index (κ2) is 4.69.